The van der Waals surface area contributed by atoms with E-state index in [1.807, 2.05) is 51.7 Å². The van der Waals surface area contributed by atoms with Crippen LogP contribution in [0.1, 0.15) is 69.4 Å². The Morgan fingerprint density at radius 2 is 1.35 bits per heavy atom. The van der Waals surface area contributed by atoms with E-state index in [2.05, 4.69) is 66.9 Å². The number of imidazole rings is 2. The molecule has 6 aromatic rings. The highest BCUT2D eigenvalue weighted by Crippen LogP contribution is 2.32. The quantitative estimate of drug-likeness (QED) is 0.124. The van der Waals surface area contributed by atoms with Crippen LogP contribution in [-0.2, 0) is 17.9 Å². The van der Waals surface area contributed by atoms with Crippen LogP contribution in [0.5, 0.6) is 0 Å². The van der Waals surface area contributed by atoms with Crippen molar-refractivity contribution in [2.75, 3.05) is 46.3 Å². The van der Waals surface area contributed by atoms with Crippen molar-refractivity contribution in [3.05, 3.63) is 94.2 Å². The molecule has 3 N–H and O–H groups in total. The Bertz CT molecular complexity index is 2240. The van der Waals surface area contributed by atoms with Crippen molar-refractivity contribution in [1.29, 1.82) is 0 Å². The van der Waals surface area contributed by atoms with Crippen molar-refractivity contribution >= 4 is 72.3 Å². The number of pyridine rings is 2. The molecule has 2 fully saturated rings. The molecule has 0 saturated carbocycles. The van der Waals surface area contributed by atoms with E-state index in [-0.39, 0.29) is 25.2 Å². The molecule has 8 rings (SSSR count). The van der Waals surface area contributed by atoms with Gasteiger partial charge in [-0.05, 0) is 106 Å². The molecule has 57 heavy (non-hydrogen) atoms. The Labute approximate surface area is 348 Å². The first-order valence-corrected chi connectivity index (χ1v) is 21.0. The van der Waals surface area contributed by atoms with Gasteiger partial charge in [-0.15, -0.1) is 0 Å². The SMILES string of the molecule is CC(=O)N(Cc1cccnc1)c1nc(N2CCCCC2CCO)cn2c(Br)cnc12.OCCC1CCCCN1c1cn2c(Br)cnc2c(NCc2cccnc2)n1. The third-order valence-corrected chi connectivity index (χ3v) is 11.7. The molecule has 15 nitrogen and oxygen atoms in total. The molecule has 0 aromatic carbocycles. The fourth-order valence-corrected chi connectivity index (χ4v) is 8.40. The maximum absolute atomic E-state index is 12.6. The second kappa shape index (κ2) is 19.2. The summed E-state index contributed by atoms with van der Waals surface area (Å²) in [4.78, 5) is 45.9. The van der Waals surface area contributed by atoms with Crippen LogP contribution >= 0.6 is 31.9 Å². The molecular weight excluding hydrogens is 856 g/mol. The van der Waals surface area contributed by atoms with Crippen molar-refractivity contribution in [3.8, 4) is 0 Å². The highest BCUT2D eigenvalue weighted by Gasteiger charge is 2.28. The minimum Gasteiger partial charge on any atom is -0.396 e. The summed E-state index contributed by atoms with van der Waals surface area (Å²) >= 11 is 7.14. The van der Waals surface area contributed by atoms with Gasteiger partial charge in [-0.2, -0.15) is 0 Å². The van der Waals surface area contributed by atoms with Gasteiger partial charge in [0.25, 0.3) is 0 Å². The summed E-state index contributed by atoms with van der Waals surface area (Å²) in [7, 11) is 0. The first kappa shape index (κ1) is 40.5. The molecule has 2 saturated heterocycles. The van der Waals surface area contributed by atoms with Gasteiger partial charge in [-0.3, -0.25) is 28.5 Å². The van der Waals surface area contributed by atoms with E-state index in [9.17, 15) is 15.0 Å². The predicted molar refractivity (Wildman–Crippen MR) is 227 cm³/mol. The normalized spacial score (nSPS) is 17.1. The average molecular weight is 905 g/mol. The summed E-state index contributed by atoms with van der Waals surface area (Å²) in [5, 5.41) is 22.4. The van der Waals surface area contributed by atoms with E-state index < -0.39 is 0 Å². The maximum Gasteiger partial charge on any atom is 0.225 e. The van der Waals surface area contributed by atoms with Crippen molar-refractivity contribution in [3.63, 3.8) is 0 Å². The number of aromatic nitrogens is 8. The number of nitrogens with zero attached hydrogens (tertiary/aromatic N) is 11. The number of aliphatic hydroxyl groups is 2. The van der Waals surface area contributed by atoms with Gasteiger partial charge in [0.05, 0.1) is 31.3 Å². The first-order chi connectivity index (χ1) is 27.8. The van der Waals surface area contributed by atoms with Crippen LogP contribution in [0.2, 0.25) is 0 Å². The highest BCUT2D eigenvalue weighted by molar-refractivity contribution is 9.10. The molecule has 2 atom stereocenters. The van der Waals surface area contributed by atoms with E-state index in [1.54, 1.807) is 35.9 Å². The Morgan fingerprint density at radius 1 is 0.789 bits per heavy atom. The Balaban J connectivity index is 0.000000175. The maximum atomic E-state index is 12.6. The monoisotopic (exact) mass is 902 g/mol. The molecule has 0 radical (unpaired) electrons. The van der Waals surface area contributed by atoms with Crippen LogP contribution in [0.4, 0.5) is 23.3 Å². The van der Waals surface area contributed by atoms with Gasteiger partial charge >= 0.3 is 0 Å². The molecule has 300 valence electrons. The third kappa shape index (κ3) is 9.54. The Hall–Kier alpha value is -4.71. The van der Waals surface area contributed by atoms with Crippen LogP contribution in [0.15, 0.2) is 83.0 Å². The minimum absolute atomic E-state index is 0.116. The van der Waals surface area contributed by atoms with Crippen LogP contribution in [0.25, 0.3) is 11.3 Å². The fourth-order valence-electron chi connectivity index (χ4n) is 7.66. The van der Waals surface area contributed by atoms with Gasteiger partial charge in [0, 0.05) is 76.6 Å². The lowest BCUT2D eigenvalue weighted by atomic mass is 10.00. The molecule has 0 bridgehead atoms. The smallest absolute Gasteiger partial charge is 0.225 e. The molecule has 2 aliphatic heterocycles. The van der Waals surface area contributed by atoms with Gasteiger partial charge in [-0.1, -0.05) is 12.1 Å². The second-order valence-corrected chi connectivity index (χ2v) is 15.9. The van der Waals surface area contributed by atoms with Crippen LogP contribution in [-0.4, -0.2) is 93.2 Å². The lowest BCUT2D eigenvalue weighted by Gasteiger charge is -2.37. The molecule has 6 aromatic heterocycles. The van der Waals surface area contributed by atoms with Gasteiger partial charge < -0.3 is 25.3 Å². The third-order valence-electron chi connectivity index (χ3n) is 10.5. The molecule has 2 aliphatic rings. The van der Waals surface area contributed by atoms with Crippen molar-refractivity contribution in [2.45, 2.75) is 83.5 Å². The number of anilines is 4. The van der Waals surface area contributed by atoms with Gasteiger partial charge in [0.2, 0.25) is 5.91 Å². The zero-order valence-corrected chi connectivity index (χ0v) is 35.1. The number of halogens is 2. The number of nitrogens with one attached hydrogen (secondary N) is 1. The number of carbonyl (C=O) groups excluding carboxylic acids is 1. The zero-order chi connectivity index (χ0) is 39.7. The van der Waals surface area contributed by atoms with Gasteiger partial charge in [-0.25, -0.2) is 19.9 Å². The number of hydrogen-bond donors (Lipinski definition) is 3. The number of amides is 1. The molecular formula is C40H48Br2N12O3. The topological polar surface area (TPSA) is 165 Å². The number of aliphatic hydroxyl groups excluding tert-OH is 2. The standard InChI is InChI=1S/C21H25BrN6O2.C19H23BrN6O/c1-15(30)27(13-16-5-4-8-23-11-16)21-20-24-12-18(22)28(20)14-19(25-21)26-9-3-2-6-17(26)7-10-29;20-16-12-23-19-18(22-11-14-4-3-7-21-10-14)24-17(13-26(16)19)25-8-2-1-5-15(25)6-9-27/h4-5,8,11-12,14,17,29H,2-3,6-7,9-10,13H2,1H3;3-4,7,10,12-13,15,27H,1-2,5-6,8-9,11H2,(H,22,24). The number of carbonyl (C=O) groups is 1. The summed E-state index contributed by atoms with van der Waals surface area (Å²) in [6, 6.07) is 8.30. The summed E-state index contributed by atoms with van der Waals surface area (Å²) in [6.45, 7) is 4.70. The Kier molecular flexibility index (Phi) is 13.6. The summed E-state index contributed by atoms with van der Waals surface area (Å²) in [5.41, 5.74) is 3.40. The molecule has 8 heterocycles. The highest BCUT2D eigenvalue weighted by atomic mass is 79.9. The van der Waals surface area contributed by atoms with Crippen LogP contribution in [0, 0.1) is 0 Å². The molecule has 1 amide bonds. The second-order valence-electron chi connectivity index (χ2n) is 14.3. The first-order valence-electron chi connectivity index (χ1n) is 19.5. The Morgan fingerprint density at radius 3 is 1.91 bits per heavy atom. The zero-order valence-electron chi connectivity index (χ0n) is 32.0. The minimum atomic E-state index is -0.116. The van der Waals surface area contributed by atoms with Crippen molar-refractivity contribution in [2.24, 2.45) is 0 Å². The van der Waals surface area contributed by atoms with E-state index in [0.717, 1.165) is 95.0 Å². The van der Waals surface area contributed by atoms with E-state index in [4.69, 9.17) is 9.97 Å². The average Bonchev–Trinajstić information content (AvgIpc) is 3.81. The molecule has 0 aliphatic carbocycles. The largest absolute Gasteiger partial charge is 0.396 e. The molecule has 0 spiro atoms. The summed E-state index contributed by atoms with van der Waals surface area (Å²) in [5.74, 6) is 2.84. The van der Waals surface area contributed by atoms with E-state index >= 15 is 0 Å². The van der Waals surface area contributed by atoms with Gasteiger partial charge in [0.15, 0.2) is 22.9 Å². The van der Waals surface area contributed by atoms with Crippen LogP contribution < -0.4 is 20.0 Å². The van der Waals surface area contributed by atoms with Crippen molar-refractivity contribution in [1.82, 2.24) is 38.7 Å². The van der Waals surface area contributed by atoms with Crippen molar-refractivity contribution < 1.29 is 15.0 Å². The predicted octanol–water partition coefficient (Wildman–Crippen LogP) is 6.42. The fraction of sp³-hybridized carbons (Fsp3) is 0.425. The number of piperidine rings is 2. The number of hydrogen-bond acceptors (Lipinski definition) is 12. The van der Waals surface area contributed by atoms with E-state index in [1.165, 1.54) is 13.3 Å². The summed E-state index contributed by atoms with van der Waals surface area (Å²) in [6.07, 6.45) is 22.7. The summed E-state index contributed by atoms with van der Waals surface area (Å²) < 4.78 is 5.62. The van der Waals surface area contributed by atoms with Gasteiger partial charge in [0.1, 0.15) is 20.8 Å². The lowest BCUT2D eigenvalue weighted by Crippen LogP contribution is -2.41. The van der Waals surface area contributed by atoms with E-state index in [0.29, 0.717) is 37.0 Å². The number of fused-ring (bicyclic) bond motifs is 2. The molecule has 2 unspecified atom stereocenters. The van der Waals surface area contributed by atoms with Crippen LogP contribution in [0.3, 0.4) is 0 Å². The number of rotatable bonds is 12. The lowest BCUT2D eigenvalue weighted by molar-refractivity contribution is -0.116. The molecule has 17 heteroatoms.